The highest BCUT2D eigenvalue weighted by atomic mass is 16.4. The van der Waals surface area contributed by atoms with Gasteiger partial charge in [0.25, 0.3) is 0 Å². The van der Waals surface area contributed by atoms with Gasteiger partial charge in [-0.2, -0.15) is 0 Å². The summed E-state index contributed by atoms with van der Waals surface area (Å²) in [5, 5.41) is 20.0. The molecule has 2 atom stereocenters. The molecule has 0 aromatic carbocycles. The molecule has 0 aliphatic carbocycles. The van der Waals surface area contributed by atoms with Crippen molar-refractivity contribution in [2.45, 2.75) is 25.0 Å². The molecule has 0 heterocycles. The second-order valence-corrected chi connectivity index (χ2v) is 3.31. The summed E-state index contributed by atoms with van der Waals surface area (Å²) in [5.74, 6) is 0.192. The number of hydrogen-bond acceptors (Lipinski definition) is 4. The number of carbonyl (C=O) groups excluding carboxylic acids is 1. The Balaban J connectivity index is 4.12. The lowest BCUT2D eigenvalue weighted by Gasteiger charge is -2.19. The van der Waals surface area contributed by atoms with Crippen LogP contribution in [0, 0.1) is 12.3 Å². The van der Waals surface area contributed by atoms with Gasteiger partial charge in [0, 0.05) is 6.42 Å². The first-order valence-electron chi connectivity index (χ1n) is 4.24. The number of hydrogen-bond donors (Lipinski definition) is 4. The minimum absolute atomic E-state index is 0.0566. The van der Waals surface area contributed by atoms with Crippen LogP contribution in [0.15, 0.2) is 0 Å². The summed E-state index contributed by atoms with van der Waals surface area (Å²) in [6.07, 6.45) is 5.00. The number of aliphatic carboxylic acids is 1. The molecule has 15 heavy (non-hydrogen) atoms. The van der Waals surface area contributed by atoms with Crippen molar-refractivity contribution in [1.29, 1.82) is 0 Å². The van der Waals surface area contributed by atoms with Crippen LogP contribution in [0.3, 0.4) is 0 Å². The third kappa shape index (κ3) is 4.44. The van der Waals surface area contributed by atoms with E-state index in [0.29, 0.717) is 0 Å². The van der Waals surface area contributed by atoms with Gasteiger partial charge in [-0.3, -0.25) is 4.79 Å². The van der Waals surface area contributed by atoms with Crippen molar-refractivity contribution in [2.24, 2.45) is 5.73 Å². The first-order chi connectivity index (χ1) is 6.81. The van der Waals surface area contributed by atoms with Gasteiger partial charge in [-0.15, -0.1) is 12.3 Å². The van der Waals surface area contributed by atoms with Crippen LogP contribution in [0.2, 0.25) is 0 Å². The Bertz CT molecular complexity index is 293. The molecular weight excluding hydrogens is 200 g/mol. The van der Waals surface area contributed by atoms with Gasteiger partial charge in [-0.1, -0.05) is 0 Å². The van der Waals surface area contributed by atoms with E-state index in [2.05, 4.69) is 11.2 Å². The number of carboxylic acid groups (broad SMARTS) is 1. The molecule has 1 amide bonds. The molecule has 6 heteroatoms. The van der Waals surface area contributed by atoms with Gasteiger partial charge in [-0.25, -0.2) is 4.79 Å². The molecule has 5 N–H and O–H groups in total. The van der Waals surface area contributed by atoms with Crippen molar-refractivity contribution in [3.63, 3.8) is 0 Å². The zero-order valence-corrected chi connectivity index (χ0v) is 8.36. The maximum Gasteiger partial charge on any atom is 0.337 e. The van der Waals surface area contributed by atoms with E-state index in [4.69, 9.17) is 17.3 Å². The maximum atomic E-state index is 11.2. The van der Waals surface area contributed by atoms with E-state index in [1.807, 2.05) is 0 Å². The number of rotatable bonds is 5. The van der Waals surface area contributed by atoms with Crippen LogP contribution >= 0.6 is 0 Å². The van der Waals surface area contributed by atoms with Gasteiger partial charge < -0.3 is 21.3 Å². The Morgan fingerprint density at radius 2 is 2.20 bits per heavy atom. The summed E-state index contributed by atoms with van der Waals surface area (Å²) >= 11 is 0. The third-order valence-corrected chi connectivity index (χ3v) is 1.74. The van der Waals surface area contributed by atoms with Crippen molar-refractivity contribution in [3.05, 3.63) is 0 Å². The first kappa shape index (κ1) is 13.4. The van der Waals surface area contributed by atoms with E-state index in [9.17, 15) is 14.7 Å². The number of carbonyl (C=O) groups is 2. The fraction of sp³-hybridized carbons (Fsp3) is 0.556. The summed E-state index contributed by atoms with van der Waals surface area (Å²) in [7, 11) is 0. The number of aliphatic hydroxyl groups is 1. The molecule has 0 fully saturated rings. The predicted molar refractivity (Wildman–Crippen MR) is 52.7 cm³/mol. The van der Waals surface area contributed by atoms with Crippen LogP contribution in [0.25, 0.3) is 0 Å². The second kappa shape index (κ2) is 5.34. The molecule has 0 spiro atoms. The van der Waals surface area contributed by atoms with Crippen LogP contribution in [0.5, 0.6) is 0 Å². The fourth-order valence-electron chi connectivity index (χ4n) is 0.686. The molecule has 0 aliphatic heterocycles. The normalized spacial score (nSPS) is 15.9. The van der Waals surface area contributed by atoms with E-state index < -0.39 is 30.1 Å². The highest BCUT2D eigenvalue weighted by Gasteiger charge is 2.30. The smallest absolute Gasteiger partial charge is 0.337 e. The van der Waals surface area contributed by atoms with Crippen molar-refractivity contribution in [1.82, 2.24) is 5.32 Å². The van der Waals surface area contributed by atoms with Crippen molar-refractivity contribution >= 4 is 11.9 Å². The molecule has 84 valence electrons. The average molecular weight is 214 g/mol. The fourth-order valence-corrected chi connectivity index (χ4v) is 0.686. The summed E-state index contributed by atoms with van der Waals surface area (Å²) in [6.45, 7) is 0.655. The minimum Gasteiger partial charge on any atom is -0.479 e. The SMILES string of the molecule is C#CCC(N)C(=O)NCC(C)(O)C(=O)O. The highest BCUT2D eigenvalue weighted by Crippen LogP contribution is 2.00. The number of amides is 1. The van der Waals surface area contributed by atoms with Gasteiger partial charge in [-0.05, 0) is 6.92 Å². The molecule has 0 saturated heterocycles. The van der Waals surface area contributed by atoms with Gasteiger partial charge in [0.15, 0.2) is 5.60 Å². The van der Waals surface area contributed by atoms with Crippen molar-refractivity contribution < 1.29 is 19.8 Å². The molecule has 2 unspecified atom stereocenters. The summed E-state index contributed by atoms with van der Waals surface area (Å²) in [4.78, 5) is 21.6. The summed E-state index contributed by atoms with van der Waals surface area (Å²) < 4.78 is 0. The van der Waals surface area contributed by atoms with Crippen molar-refractivity contribution in [2.75, 3.05) is 6.54 Å². The molecule has 6 nitrogen and oxygen atoms in total. The molecule has 0 aromatic heterocycles. The highest BCUT2D eigenvalue weighted by molar-refractivity contribution is 5.83. The largest absolute Gasteiger partial charge is 0.479 e. The molecule has 0 bridgehead atoms. The molecule has 0 radical (unpaired) electrons. The Morgan fingerprint density at radius 1 is 1.67 bits per heavy atom. The van der Waals surface area contributed by atoms with Crippen LogP contribution < -0.4 is 11.1 Å². The Hall–Kier alpha value is -1.58. The van der Waals surface area contributed by atoms with Gasteiger partial charge >= 0.3 is 5.97 Å². The Labute approximate surface area is 87.5 Å². The maximum absolute atomic E-state index is 11.2. The number of nitrogens with one attached hydrogen (secondary N) is 1. The van der Waals surface area contributed by atoms with Crippen LogP contribution in [-0.2, 0) is 9.59 Å². The Morgan fingerprint density at radius 3 is 2.60 bits per heavy atom. The quantitative estimate of drug-likeness (QED) is 0.407. The standard InChI is InChI=1S/C9H14N2O4/c1-3-4-6(10)7(12)11-5-9(2,15)8(13)14/h1,6,15H,4-5,10H2,2H3,(H,11,12)(H,13,14). The van der Waals surface area contributed by atoms with Gasteiger partial charge in [0.1, 0.15) is 0 Å². The van der Waals surface area contributed by atoms with Crippen LogP contribution in [-0.4, -0.2) is 40.3 Å². The number of carboxylic acids is 1. The van der Waals surface area contributed by atoms with E-state index in [1.54, 1.807) is 0 Å². The zero-order valence-electron chi connectivity index (χ0n) is 8.36. The van der Waals surface area contributed by atoms with Crippen LogP contribution in [0.1, 0.15) is 13.3 Å². The molecule has 0 saturated carbocycles. The topological polar surface area (TPSA) is 113 Å². The number of terminal acetylenes is 1. The van der Waals surface area contributed by atoms with E-state index in [0.717, 1.165) is 6.92 Å². The molecular formula is C9H14N2O4. The van der Waals surface area contributed by atoms with Crippen LogP contribution in [0.4, 0.5) is 0 Å². The van der Waals surface area contributed by atoms with Crippen molar-refractivity contribution in [3.8, 4) is 12.3 Å². The summed E-state index contributed by atoms with van der Waals surface area (Å²) in [6, 6.07) is -0.889. The molecule has 0 aromatic rings. The molecule has 0 rings (SSSR count). The average Bonchev–Trinajstić information content (AvgIpc) is 2.14. The van der Waals surface area contributed by atoms with Gasteiger partial charge in [0.2, 0.25) is 5.91 Å². The van der Waals surface area contributed by atoms with E-state index in [1.165, 1.54) is 0 Å². The lowest BCUT2D eigenvalue weighted by molar-refractivity contribution is -0.156. The van der Waals surface area contributed by atoms with E-state index in [-0.39, 0.29) is 6.42 Å². The zero-order chi connectivity index (χ0) is 12.1. The third-order valence-electron chi connectivity index (χ3n) is 1.74. The monoisotopic (exact) mass is 214 g/mol. The molecule has 0 aliphatic rings. The predicted octanol–water partition coefficient (Wildman–Crippen LogP) is -1.71. The number of nitrogens with two attached hydrogens (primary N) is 1. The minimum atomic E-state index is -2.01. The first-order valence-corrected chi connectivity index (χ1v) is 4.24. The van der Waals surface area contributed by atoms with E-state index >= 15 is 0 Å². The second-order valence-electron chi connectivity index (χ2n) is 3.31. The lowest BCUT2D eigenvalue weighted by atomic mass is 10.1. The lowest BCUT2D eigenvalue weighted by Crippen LogP contribution is -2.50. The summed E-state index contributed by atoms with van der Waals surface area (Å²) in [5.41, 5.74) is 3.34. The van der Waals surface area contributed by atoms with Gasteiger partial charge in [0.05, 0.1) is 12.6 Å². The Kier molecular flexibility index (Phi) is 4.78.